The van der Waals surface area contributed by atoms with E-state index in [0.29, 0.717) is 5.56 Å². The van der Waals surface area contributed by atoms with E-state index < -0.39 is 5.97 Å². The summed E-state index contributed by atoms with van der Waals surface area (Å²) < 4.78 is 5.58. The lowest BCUT2D eigenvalue weighted by atomic mass is 10.1. The number of aromatic nitrogens is 1. The van der Waals surface area contributed by atoms with Crippen LogP contribution in [0.4, 0.5) is 0 Å². The fourth-order valence-corrected chi connectivity index (χ4v) is 1.91. The van der Waals surface area contributed by atoms with Gasteiger partial charge in [-0.15, -0.1) is 0 Å². The molecular formula is C16H12BrNO3. The van der Waals surface area contributed by atoms with Crippen molar-refractivity contribution in [1.82, 2.24) is 4.98 Å². The SMILES string of the molecule is COC(=O)c1ccnc(C(=O)/C=C/c2ccc(Br)cc2)c1. The van der Waals surface area contributed by atoms with E-state index in [9.17, 15) is 9.59 Å². The first-order valence-electron chi connectivity index (χ1n) is 6.12. The van der Waals surface area contributed by atoms with Crippen molar-refractivity contribution in [3.8, 4) is 0 Å². The molecule has 0 saturated carbocycles. The molecule has 0 amide bonds. The Bertz CT molecular complexity index is 693. The quantitative estimate of drug-likeness (QED) is 0.483. The zero-order chi connectivity index (χ0) is 15.2. The molecule has 0 atom stereocenters. The highest BCUT2D eigenvalue weighted by molar-refractivity contribution is 9.10. The molecule has 0 aliphatic rings. The number of ketones is 1. The van der Waals surface area contributed by atoms with Crippen molar-refractivity contribution >= 4 is 33.8 Å². The van der Waals surface area contributed by atoms with Crippen molar-refractivity contribution in [2.75, 3.05) is 7.11 Å². The number of carbonyl (C=O) groups excluding carboxylic acids is 2. The molecule has 1 aromatic carbocycles. The van der Waals surface area contributed by atoms with Gasteiger partial charge in [-0.05, 0) is 35.9 Å². The second kappa shape index (κ2) is 6.95. The number of nitrogens with zero attached hydrogens (tertiary/aromatic N) is 1. The third-order valence-corrected chi connectivity index (χ3v) is 3.26. The van der Waals surface area contributed by atoms with Gasteiger partial charge in [0, 0.05) is 10.7 Å². The van der Waals surface area contributed by atoms with Crippen molar-refractivity contribution in [1.29, 1.82) is 0 Å². The molecule has 0 aliphatic carbocycles. The largest absolute Gasteiger partial charge is 0.465 e. The van der Waals surface area contributed by atoms with Gasteiger partial charge in [0.2, 0.25) is 5.78 Å². The molecular weight excluding hydrogens is 334 g/mol. The average Bonchev–Trinajstić information content (AvgIpc) is 2.53. The first-order chi connectivity index (χ1) is 10.1. The molecule has 2 rings (SSSR count). The summed E-state index contributed by atoms with van der Waals surface area (Å²) in [7, 11) is 1.29. The summed E-state index contributed by atoms with van der Waals surface area (Å²) in [6.07, 6.45) is 4.53. The van der Waals surface area contributed by atoms with Crippen molar-refractivity contribution in [2.24, 2.45) is 0 Å². The van der Waals surface area contributed by atoms with Gasteiger partial charge in [0.1, 0.15) is 5.69 Å². The number of hydrogen-bond acceptors (Lipinski definition) is 4. The van der Waals surface area contributed by atoms with Crippen LogP contribution in [0.2, 0.25) is 0 Å². The summed E-state index contributed by atoms with van der Waals surface area (Å²) in [5.74, 6) is -0.771. The average molecular weight is 346 g/mol. The Kier molecular flexibility index (Phi) is 5.00. The second-order valence-electron chi connectivity index (χ2n) is 4.17. The molecule has 0 spiro atoms. The molecule has 21 heavy (non-hydrogen) atoms. The standard InChI is InChI=1S/C16H12BrNO3/c1-21-16(20)12-8-9-18-14(10-12)15(19)7-4-11-2-5-13(17)6-3-11/h2-10H,1H3/b7-4+. The van der Waals surface area contributed by atoms with E-state index in [0.717, 1.165) is 10.0 Å². The van der Waals surface area contributed by atoms with Crippen LogP contribution in [-0.4, -0.2) is 23.8 Å². The number of rotatable bonds is 4. The topological polar surface area (TPSA) is 56.3 Å². The number of benzene rings is 1. The summed E-state index contributed by atoms with van der Waals surface area (Å²) in [5.41, 5.74) is 1.40. The minimum Gasteiger partial charge on any atom is -0.465 e. The maximum absolute atomic E-state index is 12.0. The maximum Gasteiger partial charge on any atom is 0.337 e. The summed E-state index contributed by atoms with van der Waals surface area (Å²) >= 11 is 3.35. The molecule has 1 heterocycles. The van der Waals surface area contributed by atoms with E-state index >= 15 is 0 Å². The minimum absolute atomic E-state index is 0.200. The molecule has 2 aromatic rings. The molecule has 0 saturated heterocycles. The predicted molar refractivity (Wildman–Crippen MR) is 83.1 cm³/mol. The van der Waals surface area contributed by atoms with E-state index in [1.54, 1.807) is 6.08 Å². The number of carbonyl (C=O) groups is 2. The van der Waals surface area contributed by atoms with Gasteiger partial charge in [-0.3, -0.25) is 9.78 Å². The van der Waals surface area contributed by atoms with Crippen LogP contribution in [0, 0.1) is 0 Å². The van der Waals surface area contributed by atoms with Gasteiger partial charge in [-0.25, -0.2) is 4.79 Å². The zero-order valence-electron chi connectivity index (χ0n) is 11.2. The Hall–Kier alpha value is -2.27. The summed E-state index contributed by atoms with van der Waals surface area (Å²) in [4.78, 5) is 27.4. The lowest BCUT2D eigenvalue weighted by molar-refractivity contribution is 0.0600. The monoisotopic (exact) mass is 345 g/mol. The van der Waals surface area contributed by atoms with Crippen molar-refractivity contribution in [2.45, 2.75) is 0 Å². The molecule has 0 bridgehead atoms. The van der Waals surface area contributed by atoms with Gasteiger partial charge >= 0.3 is 5.97 Å². The van der Waals surface area contributed by atoms with E-state index in [1.165, 1.54) is 31.5 Å². The van der Waals surface area contributed by atoms with Crippen LogP contribution >= 0.6 is 15.9 Å². The van der Waals surface area contributed by atoms with Crippen LogP contribution < -0.4 is 0 Å². The molecule has 0 N–H and O–H groups in total. The van der Waals surface area contributed by atoms with Crippen LogP contribution in [0.1, 0.15) is 26.4 Å². The van der Waals surface area contributed by atoms with Crippen LogP contribution in [0.15, 0.2) is 53.1 Å². The number of esters is 1. The number of ether oxygens (including phenoxy) is 1. The van der Waals surface area contributed by atoms with E-state index in [1.807, 2.05) is 24.3 Å². The predicted octanol–water partition coefficient (Wildman–Crippen LogP) is 3.53. The first kappa shape index (κ1) is 15.1. The summed E-state index contributed by atoms with van der Waals surface area (Å²) in [6.45, 7) is 0. The third-order valence-electron chi connectivity index (χ3n) is 2.73. The zero-order valence-corrected chi connectivity index (χ0v) is 12.8. The van der Waals surface area contributed by atoms with Gasteiger partial charge in [0.15, 0.2) is 0 Å². The molecule has 1 aromatic heterocycles. The summed E-state index contributed by atoms with van der Waals surface area (Å²) in [5, 5.41) is 0. The van der Waals surface area contributed by atoms with Gasteiger partial charge < -0.3 is 4.74 Å². The minimum atomic E-state index is -0.497. The number of methoxy groups -OCH3 is 1. The molecule has 4 nitrogen and oxygen atoms in total. The summed E-state index contributed by atoms with van der Waals surface area (Å²) in [6, 6.07) is 10.5. The number of allylic oxidation sites excluding steroid dienone is 1. The smallest absolute Gasteiger partial charge is 0.337 e. The lowest BCUT2D eigenvalue weighted by Gasteiger charge is -2.00. The molecule has 0 radical (unpaired) electrons. The molecule has 0 fully saturated rings. The van der Waals surface area contributed by atoms with Crippen molar-refractivity contribution in [3.63, 3.8) is 0 Å². The Morgan fingerprint density at radius 3 is 2.57 bits per heavy atom. The molecule has 106 valence electrons. The van der Waals surface area contributed by atoms with E-state index in [2.05, 4.69) is 25.7 Å². The third kappa shape index (κ3) is 4.10. The number of hydrogen-bond donors (Lipinski definition) is 0. The highest BCUT2D eigenvalue weighted by Crippen LogP contribution is 2.12. The number of halogens is 1. The van der Waals surface area contributed by atoms with E-state index in [4.69, 9.17) is 0 Å². The molecule has 0 unspecified atom stereocenters. The Morgan fingerprint density at radius 2 is 1.90 bits per heavy atom. The Morgan fingerprint density at radius 1 is 1.19 bits per heavy atom. The maximum atomic E-state index is 12.0. The van der Waals surface area contributed by atoms with Crippen molar-refractivity contribution in [3.05, 3.63) is 70.0 Å². The van der Waals surface area contributed by atoms with Crippen LogP contribution in [0.3, 0.4) is 0 Å². The first-order valence-corrected chi connectivity index (χ1v) is 6.92. The lowest BCUT2D eigenvalue weighted by Crippen LogP contribution is -2.05. The van der Waals surface area contributed by atoms with Gasteiger partial charge in [0.05, 0.1) is 12.7 Å². The number of pyridine rings is 1. The van der Waals surface area contributed by atoms with Crippen LogP contribution in [0.25, 0.3) is 6.08 Å². The Balaban J connectivity index is 2.16. The fourth-order valence-electron chi connectivity index (χ4n) is 1.64. The second-order valence-corrected chi connectivity index (χ2v) is 5.09. The van der Waals surface area contributed by atoms with Gasteiger partial charge in [0.25, 0.3) is 0 Å². The van der Waals surface area contributed by atoms with Crippen molar-refractivity contribution < 1.29 is 14.3 Å². The van der Waals surface area contributed by atoms with E-state index in [-0.39, 0.29) is 11.5 Å². The fraction of sp³-hybridized carbons (Fsp3) is 0.0625. The normalized spacial score (nSPS) is 10.6. The molecule has 5 heteroatoms. The highest BCUT2D eigenvalue weighted by atomic mass is 79.9. The van der Waals surface area contributed by atoms with Crippen LogP contribution in [-0.2, 0) is 4.74 Å². The van der Waals surface area contributed by atoms with Gasteiger partial charge in [-0.2, -0.15) is 0 Å². The molecule has 0 aliphatic heterocycles. The van der Waals surface area contributed by atoms with Gasteiger partial charge in [-0.1, -0.05) is 34.1 Å². The Labute approximate surface area is 130 Å². The van der Waals surface area contributed by atoms with Crippen LogP contribution in [0.5, 0.6) is 0 Å². The highest BCUT2D eigenvalue weighted by Gasteiger charge is 2.09.